The van der Waals surface area contributed by atoms with Crippen LogP contribution in [0.25, 0.3) is 11.0 Å². The Labute approximate surface area is 162 Å². The molecular weight excluding hydrogens is 358 g/mol. The zero-order valence-corrected chi connectivity index (χ0v) is 15.9. The Hall–Kier alpha value is -3.42. The molecule has 0 saturated carbocycles. The molecule has 0 aliphatic carbocycles. The standard InChI is InChI=1S/C20H21N5O3/c1-12(2)25-19-14(9-22-25)8-15(10-21-19)23-18(26)11-24-16-6-4-5-7-17(16)28-13(3)20(24)27/h4-10,12-13H,11H2,1-3H3,(H,23,26). The largest absolute Gasteiger partial charge is 0.479 e. The van der Waals surface area contributed by atoms with Gasteiger partial charge < -0.3 is 10.1 Å². The number of benzene rings is 1. The van der Waals surface area contributed by atoms with Crippen LogP contribution in [0.15, 0.2) is 42.7 Å². The number of hydrogen-bond acceptors (Lipinski definition) is 5. The first kappa shape index (κ1) is 18.0. The number of carbonyl (C=O) groups excluding carboxylic acids is 2. The number of hydrogen-bond donors (Lipinski definition) is 1. The Morgan fingerprint density at radius 3 is 2.86 bits per heavy atom. The van der Waals surface area contributed by atoms with Gasteiger partial charge in [0.25, 0.3) is 5.91 Å². The first-order valence-corrected chi connectivity index (χ1v) is 9.14. The summed E-state index contributed by atoms with van der Waals surface area (Å²) in [5.74, 6) is 0.0295. The van der Waals surface area contributed by atoms with Crippen molar-refractivity contribution in [2.75, 3.05) is 16.8 Å². The van der Waals surface area contributed by atoms with Crippen LogP contribution in [-0.4, -0.2) is 39.2 Å². The zero-order chi connectivity index (χ0) is 19.8. The molecule has 0 spiro atoms. The summed E-state index contributed by atoms with van der Waals surface area (Å²) in [4.78, 5) is 31.0. The van der Waals surface area contributed by atoms with E-state index in [1.807, 2.05) is 30.7 Å². The Morgan fingerprint density at radius 2 is 2.07 bits per heavy atom. The van der Waals surface area contributed by atoms with Gasteiger partial charge in [-0.1, -0.05) is 12.1 Å². The van der Waals surface area contributed by atoms with Gasteiger partial charge in [-0.15, -0.1) is 0 Å². The average Bonchev–Trinajstić information content (AvgIpc) is 3.09. The molecule has 2 amide bonds. The van der Waals surface area contributed by atoms with E-state index in [-0.39, 0.29) is 24.4 Å². The predicted molar refractivity (Wildman–Crippen MR) is 105 cm³/mol. The van der Waals surface area contributed by atoms with E-state index in [4.69, 9.17) is 4.74 Å². The molecule has 28 heavy (non-hydrogen) atoms. The van der Waals surface area contributed by atoms with E-state index in [0.29, 0.717) is 17.1 Å². The molecule has 1 aliphatic rings. The second kappa shape index (κ2) is 6.95. The lowest BCUT2D eigenvalue weighted by atomic mass is 10.2. The third kappa shape index (κ3) is 3.17. The SMILES string of the molecule is CC1Oc2ccccc2N(CC(=O)Nc2cnc3c(cnn3C(C)C)c2)C1=O. The fraction of sp³-hybridized carbons (Fsp3) is 0.300. The molecule has 0 fully saturated rings. The van der Waals surface area contributed by atoms with E-state index in [1.54, 1.807) is 37.5 Å². The van der Waals surface area contributed by atoms with Crippen molar-refractivity contribution in [2.24, 2.45) is 0 Å². The second-order valence-corrected chi connectivity index (χ2v) is 7.02. The second-order valence-electron chi connectivity index (χ2n) is 7.02. The summed E-state index contributed by atoms with van der Waals surface area (Å²) in [7, 11) is 0. The van der Waals surface area contributed by atoms with Gasteiger partial charge in [-0.2, -0.15) is 5.10 Å². The molecule has 0 radical (unpaired) electrons. The molecule has 3 aromatic rings. The van der Waals surface area contributed by atoms with E-state index >= 15 is 0 Å². The number of fused-ring (bicyclic) bond motifs is 2. The third-order valence-corrected chi connectivity index (χ3v) is 4.58. The monoisotopic (exact) mass is 379 g/mol. The normalized spacial score (nSPS) is 16.2. The summed E-state index contributed by atoms with van der Waals surface area (Å²) in [6.45, 7) is 5.63. The van der Waals surface area contributed by atoms with Crippen LogP contribution < -0.4 is 15.0 Å². The molecule has 1 atom stereocenters. The van der Waals surface area contributed by atoms with E-state index in [2.05, 4.69) is 15.4 Å². The number of aromatic nitrogens is 3. The number of pyridine rings is 1. The van der Waals surface area contributed by atoms with Gasteiger partial charge in [-0.05, 0) is 39.0 Å². The van der Waals surface area contributed by atoms with E-state index in [0.717, 1.165) is 11.0 Å². The maximum Gasteiger partial charge on any atom is 0.268 e. The highest BCUT2D eigenvalue weighted by molar-refractivity contribution is 6.06. The van der Waals surface area contributed by atoms with Crippen molar-refractivity contribution in [3.05, 3.63) is 42.7 Å². The molecule has 2 aromatic heterocycles. The maximum absolute atomic E-state index is 12.6. The Bertz CT molecular complexity index is 1060. The van der Waals surface area contributed by atoms with Gasteiger partial charge in [-0.3, -0.25) is 14.5 Å². The van der Waals surface area contributed by atoms with E-state index in [1.165, 1.54) is 4.90 Å². The molecule has 0 bridgehead atoms. The smallest absolute Gasteiger partial charge is 0.268 e. The summed E-state index contributed by atoms with van der Waals surface area (Å²) in [5.41, 5.74) is 1.91. The molecule has 1 unspecified atom stereocenters. The molecule has 8 nitrogen and oxygen atoms in total. The minimum absolute atomic E-state index is 0.104. The first-order valence-electron chi connectivity index (χ1n) is 9.14. The van der Waals surface area contributed by atoms with Crippen molar-refractivity contribution in [1.82, 2.24) is 14.8 Å². The van der Waals surface area contributed by atoms with Crippen molar-refractivity contribution in [3.63, 3.8) is 0 Å². The Morgan fingerprint density at radius 1 is 1.29 bits per heavy atom. The van der Waals surface area contributed by atoms with E-state index in [9.17, 15) is 9.59 Å². The molecule has 144 valence electrons. The van der Waals surface area contributed by atoms with Crippen LogP contribution in [0, 0.1) is 0 Å². The third-order valence-electron chi connectivity index (χ3n) is 4.58. The van der Waals surface area contributed by atoms with E-state index < -0.39 is 6.10 Å². The van der Waals surface area contributed by atoms with Crippen molar-refractivity contribution in [2.45, 2.75) is 32.9 Å². The molecule has 4 rings (SSSR count). The lowest BCUT2D eigenvalue weighted by molar-refractivity contribution is -0.127. The van der Waals surface area contributed by atoms with Crippen molar-refractivity contribution in [3.8, 4) is 5.75 Å². The minimum Gasteiger partial charge on any atom is -0.479 e. The Kier molecular flexibility index (Phi) is 4.46. The zero-order valence-electron chi connectivity index (χ0n) is 15.9. The topological polar surface area (TPSA) is 89.3 Å². The van der Waals surface area contributed by atoms with Gasteiger partial charge in [0, 0.05) is 11.4 Å². The fourth-order valence-electron chi connectivity index (χ4n) is 3.25. The lowest BCUT2D eigenvalue weighted by Gasteiger charge is -2.32. The molecule has 0 saturated heterocycles. The van der Waals surface area contributed by atoms with Crippen LogP contribution >= 0.6 is 0 Å². The summed E-state index contributed by atoms with van der Waals surface area (Å²) < 4.78 is 7.43. The van der Waals surface area contributed by atoms with Gasteiger partial charge in [0.05, 0.1) is 23.8 Å². The summed E-state index contributed by atoms with van der Waals surface area (Å²) in [6, 6.07) is 9.20. The van der Waals surface area contributed by atoms with Crippen LogP contribution in [0.1, 0.15) is 26.8 Å². The minimum atomic E-state index is -0.636. The summed E-state index contributed by atoms with van der Waals surface area (Å²) in [5, 5.41) is 7.98. The molecule has 1 N–H and O–H groups in total. The van der Waals surface area contributed by atoms with Crippen LogP contribution in [0.2, 0.25) is 0 Å². The van der Waals surface area contributed by atoms with Gasteiger partial charge in [0.15, 0.2) is 11.8 Å². The van der Waals surface area contributed by atoms with Crippen LogP contribution in [0.5, 0.6) is 5.75 Å². The van der Waals surface area contributed by atoms with Gasteiger partial charge in [0.2, 0.25) is 5.91 Å². The number of ether oxygens (including phenoxy) is 1. The number of nitrogens with zero attached hydrogens (tertiary/aromatic N) is 4. The van der Waals surface area contributed by atoms with Crippen LogP contribution in [0.3, 0.4) is 0 Å². The van der Waals surface area contributed by atoms with Gasteiger partial charge in [0.1, 0.15) is 12.3 Å². The number of amides is 2. The van der Waals surface area contributed by atoms with Crippen LogP contribution in [0.4, 0.5) is 11.4 Å². The van der Waals surface area contributed by atoms with Crippen molar-refractivity contribution >= 4 is 34.2 Å². The van der Waals surface area contributed by atoms with Gasteiger partial charge >= 0.3 is 0 Å². The van der Waals surface area contributed by atoms with Crippen LogP contribution in [-0.2, 0) is 9.59 Å². The predicted octanol–water partition coefficient (Wildman–Crippen LogP) is 2.76. The fourth-order valence-corrected chi connectivity index (χ4v) is 3.25. The maximum atomic E-state index is 12.6. The van der Waals surface area contributed by atoms with Gasteiger partial charge in [-0.25, -0.2) is 9.67 Å². The van der Waals surface area contributed by atoms with Crippen molar-refractivity contribution < 1.29 is 14.3 Å². The highest BCUT2D eigenvalue weighted by atomic mass is 16.5. The number of para-hydroxylation sites is 2. The molecule has 1 aromatic carbocycles. The lowest BCUT2D eigenvalue weighted by Crippen LogP contribution is -2.47. The number of anilines is 2. The Balaban J connectivity index is 1.53. The first-order chi connectivity index (χ1) is 13.4. The van der Waals surface area contributed by atoms with Crippen molar-refractivity contribution in [1.29, 1.82) is 0 Å². The molecule has 1 aliphatic heterocycles. The molecule has 3 heterocycles. The number of rotatable bonds is 4. The average molecular weight is 379 g/mol. The molecule has 8 heteroatoms. The summed E-state index contributed by atoms with van der Waals surface area (Å²) in [6.07, 6.45) is 2.68. The number of carbonyl (C=O) groups is 2. The number of nitrogens with one attached hydrogen (secondary N) is 1. The summed E-state index contributed by atoms with van der Waals surface area (Å²) >= 11 is 0. The molecular formula is C20H21N5O3. The highest BCUT2D eigenvalue weighted by Gasteiger charge is 2.32. The quantitative estimate of drug-likeness (QED) is 0.753. The highest BCUT2D eigenvalue weighted by Crippen LogP contribution is 2.33.